The molecule has 2 aliphatic heterocycles. The van der Waals surface area contributed by atoms with E-state index in [1.807, 2.05) is 68.4 Å². The van der Waals surface area contributed by atoms with Crippen molar-refractivity contribution in [3.63, 3.8) is 0 Å². The van der Waals surface area contributed by atoms with Gasteiger partial charge in [0.05, 0.1) is 63.2 Å². The summed E-state index contributed by atoms with van der Waals surface area (Å²) >= 11 is 0. The first kappa shape index (κ1) is 37.2. The van der Waals surface area contributed by atoms with Crippen molar-refractivity contribution < 1.29 is 33.0 Å². The van der Waals surface area contributed by atoms with E-state index >= 15 is 4.39 Å². The molecule has 3 aromatic carbocycles. The Labute approximate surface area is 317 Å². The van der Waals surface area contributed by atoms with Crippen LogP contribution in [0.2, 0.25) is 0 Å². The SMILES string of the molecule is COC(=O)N[C@H](C(=O)N1CCC[C@H]1c1ncc(-c2ccc(-c3ccc(N4C[C@H](Cn5cc(COCc6ccccc6)nn5)OC4=O)cc3F)cc2)[nH]1)C(C)C. The number of aromatic amines is 1. The molecule has 2 fully saturated rings. The minimum Gasteiger partial charge on any atom is -0.453 e. The first-order chi connectivity index (χ1) is 26.7. The van der Waals surface area contributed by atoms with Crippen molar-refractivity contribution in [2.75, 3.05) is 25.1 Å². The van der Waals surface area contributed by atoms with E-state index in [9.17, 15) is 14.4 Å². The molecule has 14 nitrogen and oxygen atoms in total. The molecule has 7 rings (SSSR count). The highest BCUT2D eigenvalue weighted by atomic mass is 19.1. The number of aromatic nitrogens is 5. The van der Waals surface area contributed by atoms with Crippen molar-refractivity contribution in [2.45, 2.75) is 64.6 Å². The van der Waals surface area contributed by atoms with Gasteiger partial charge >= 0.3 is 12.2 Å². The summed E-state index contributed by atoms with van der Waals surface area (Å²) < 4.78 is 33.2. The molecule has 15 heteroatoms. The topological polar surface area (TPSA) is 157 Å². The van der Waals surface area contributed by atoms with Gasteiger partial charge in [0.1, 0.15) is 29.5 Å². The summed E-state index contributed by atoms with van der Waals surface area (Å²) in [5.74, 6) is -0.132. The highest BCUT2D eigenvalue weighted by Gasteiger charge is 2.38. The summed E-state index contributed by atoms with van der Waals surface area (Å²) in [5, 5.41) is 11.0. The lowest BCUT2D eigenvalue weighted by Crippen LogP contribution is -2.51. The molecule has 0 aliphatic carbocycles. The van der Waals surface area contributed by atoms with Crippen molar-refractivity contribution >= 4 is 23.8 Å². The number of carbonyl (C=O) groups excluding carboxylic acids is 3. The number of hydrogen-bond acceptors (Lipinski definition) is 9. The predicted octanol–water partition coefficient (Wildman–Crippen LogP) is 6.26. The summed E-state index contributed by atoms with van der Waals surface area (Å²) in [6, 6.07) is 21.0. The second-order valence-corrected chi connectivity index (χ2v) is 14.0. The number of nitrogens with zero attached hydrogens (tertiary/aromatic N) is 6. The molecule has 2 aromatic heterocycles. The Bertz CT molecular complexity index is 2120. The van der Waals surface area contributed by atoms with E-state index < -0.39 is 30.1 Å². The monoisotopic (exact) mass is 750 g/mol. The smallest absolute Gasteiger partial charge is 0.414 e. The maximum Gasteiger partial charge on any atom is 0.414 e. The lowest BCUT2D eigenvalue weighted by molar-refractivity contribution is -0.135. The molecule has 55 heavy (non-hydrogen) atoms. The Kier molecular flexibility index (Phi) is 11.2. The highest BCUT2D eigenvalue weighted by Crippen LogP contribution is 2.34. The van der Waals surface area contributed by atoms with Crippen LogP contribution in [0.5, 0.6) is 0 Å². The first-order valence-corrected chi connectivity index (χ1v) is 18.3. The van der Waals surface area contributed by atoms with Gasteiger partial charge in [0.15, 0.2) is 0 Å². The van der Waals surface area contributed by atoms with Crippen LogP contribution in [0.1, 0.15) is 49.8 Å². The molecule has 5 aromatic rings. The molecule has 4 heterocycles. The molecule has 286 valence electrons. The van der Waals surface area contributed by atoms with Crippen molar-refractivity contribution in [3.05, 3.63) is 108 Å². The van der Waals surface area contributed by atoms with Crippen LogP contribution in [0.25, 0.3) is 22.4 Å². The van der Waals surface area contributed by atoms with Crippen LogP contribution in [0.15, 0.2) is 85.2 Å². The Hall–Kier alpha value is -6.09. The number of cyclic esters (lactones) is 1. The second kappa shape index (κ2) is 16.5. The molecule has 0 radical (unpaired) electrons. The predicted molar refractivity (Wildman–Crippen MR) is 200 cm³/mol. The number of likely N-dealkylation sites (tertiary alicyclic amines) is 1. The van der Waals surface area contributed by atoms with E-state index in [1.165, 1.54) is 18.1 Å². The molecule has 2 N–H and O–H groups in total. The summed E-state index contributed by atoms with van der Waals surface area (Å²) in [5.41, 5.74) is 4.76. The largest absolute Gasteiger partial charge is 0.453 e. The molecule has 2 saturated heterocycles. The summed E-state index contributed by atoms with van der Waals surface area (Å²) in [7, 11) is 1.27. The number of H-pyrrole nitrogens is 1. The minimum absolute atomic E-state index is 0.133. The minimum atomic E-state index is -0.721. The first-order valence-electron chi connectivity index (χ1n) is 18.3. The molecule has 2 aliphatic rings. The number of alkyl carbamates (subject to hydrolysis) is 1. The Morgan fingerprint density at radius 1 is 1.05 bits per heavy atom. The number of imidazole rings is 1. The van der Waals surface area contributed by atoms with Gasteiger partial charge in [-0.2, -0.15) is 0 Å². The third kappa shape index (κ3) is 8.51. The molecular formula is C40H43FN8O6. The number of hydrogen-bond donors (Lipinski definition) is 2. The molecule has 0 spiro atoms. The van der Waals surface area contributed by atoms with E-state index in [4.69, 9.17) is 14.2 Å². The van der Waals surface area contributed by atoms with Gasteiger partial charge < -0.3 is 29.4 Å². The molecule has 0 bridgehead atoms. The fourth-order valence-corrected chi connectivity index (χ4v) is 6.96. The summed E-state index contributed by atoms with van der Waals surface area (Å²) in [6.45, 7) is 5.59. The van der Waals surface area contributed by atoms with E-state index in [-0.39, 0.29) is 24.4 Å². The average molecular weight is 751 g/mol. The van der Waals surface area contributed by atoms with Crippen molar-refractivity contribution in [2.24, 2.45) is 5.92 Å². The van der Waals surface area contributed by atoms with Gasteiger partial charge in [-0.1, -0.05) is 73.7 Å². The lowest BCUT2D eigenvalue weighted by atomic mass is 10.0. The van der Waals surface area contributed by atoms with Crippen molar-refractivity contribution in [1.29, 1.82) is 0 Å². The van der Waals surface area contributed by atoms with Gasteiger partial charge in [-0.25, -0.2) is 23.6 Å². The van der Waals surface area contributed by atoms with Crippen molar-refractivity contribution in [3.8, 4) is 22.4 Å². The molecule has 3 amide bonds. The molecule has 3 atom stereocenters. The van der Waals surface area contributed by atoms with Gasteiger partial charge in [0.25, 0.3) is 0 Å². The van der Waals surface area contributed by atoms with Crippen LogP contribution in [0.4, 0.5) is 19.7 Å². The molecule has 0 saturated carbocycles. The zero-order chi connectivity index (χ0) is 38.5. The number of anilines is 1. The quantitative estimate of drug-likeness (QED) is 0.142. The van der Waals surface area contributed by atoms with E-state index in [0.717, 1.165) is 29.7 Å². The Balaban J connectivity index is 0.954. The third-order valence-electron chi connectivity index (χ3n) is 9.82. The average Bonchev–Trinajstić information content (AvgIpc) is 4.02. The number of amides is 3. The fourth-order valence-electron chi connectivity index (χ4n) is 6.96. The number of methoxy groups -OCH3 is 1. The van der Waals surface area contributed by atoms with Crippen LogP contribution in [-0.2, 0) is 38.8 Å². The van der Waals surface area contributed by atoms with Crippen LogP contribution in [0.3, 0.4) is 0 Å². The number of halogens is 1. The maximum atomic E-state index is 15.6. The van der Waals surface area contributed by atoms with Gasteiger partial charge in [-0.05, 0) is 53.6 Å². The third-order valence-corrected chi connectivity index (χ3v) is 9.82. The van der Waals surface area contributed by atoms with Crippen LogP contribution >= 0.6 is 0 Å². The van der Waals surface area contributed by atoms with E-state index in [1.54, 1.807) is 34.1 Å². The van der Waals surface area contributed by atoms with Crippen LogP contribution in [0, 0.1) is 11.7 Å². The summed E-state index contributed by atoms with van der Waals surface area (Å²) in [4.78, 5) is 49.4. The normalized spacial score (nSPS) is 17.4. The van der Waals surface area contributed by atoms with Crippen molar-refractivity contribution in [1.82, 2.24) is 35.2 Å². The second-order valence-electron chi connectivity index (χ2n) is 14.0. The van der Waals surface area contributed by atoms with Crippen LogP contribution < -0.4 is 10.2 Å². The number of ether oxygens (including phenoxy) is 3. The number of benzene rings is 3. The Morgan fingerprint density at radius 3 is 2.58 bits per heavy atom. The van der Waals surface area contributed by atoms with E-state index in [0.29, 0.717) is 54.6 Å². The number of carbonyl (C=O) groups is 3. The van der Waals surface area contributed by atoms with Gasteiger partial charge in [0.2, 0.25) is 5.91 Å². The fraction of sp³-hybridized carbons (Fsp3) is 0.350. The van der Waals surface area contributed by atoms with E-state index in [2.05, 4.69) is 25.6 Å². The highest BCUT2D eigenvalue weighted by molar-refractivity contribution is 5.90. The molecular weight excluding hydrogens is 707 g/mol. The number of rotatable bonds is 13. The molecule has 0 unspecified atom stereocenters. The summed E-state index contributed by atoms with van der Waals surface area (Å²) in [6.07, 6.45) is 3.32. The van der Waals surface area contributed by atoms with Crippen LogP contribution in [-0.4, -0.2) is 80.3 Å². The van der Waals surface area contributed by atoms with Gasteiger partial charge in [-0.3, -0.25) is 9.69 Å². The standard InChI is InChI=1S/C40H43FN8O6/c1-25(2)36(44-39(51)53-3)38(50)48-17-7-10-35(48)37-42-19-34(43-37)28-13-11-27(12-14-28)32-16-15-30(18-33(32)41)49-22-31(55-40(49)52)21-47-20-29(45-46-47)24-54-23-26-8-5-4-6-9-26/h4-6,8-9,11-16,18-20,25,31,35-36H,7,10,17,21-24H2,1-3H3,(H,42,43)(H,44,51)/t31-,35-,36-/m0/s1. The number of nitrogens with one attached hydrogen (secondary N) is 2. The van der Waals surface area contributed by atoms with Gasteiger partial charge in [0, 0.05) is 12.1 Å². The Morgan fingerprint density at radius 2 is 1.84 bits per heavy atom. The van der Waals surface area contributed by atoms with Gasteiger partial charge in [-0.15, -0.1) is 5.10 Å². The lowest BCUT2D eigenvalue weighted by Gasteiger charge is -2.30. The maximum absolute atomic E-state index is 15.6. The zero-order valence-corrected chi connectivity index (χ0v) is 30.9. The zero-order valence-electron chi connectivity index (χ0n) is 30.9.